The van der Waals surface area contributed by atoms with Gasteiger partial charge >= 0.3 is 0 Å². The fourth-order valence-corrected chi connectivity index (χ4v) is 2.68. The molecule has 18 heavy (non-hydrogen) atoms. The number of hydrogen-bond acceptors (Lipinski definition) is 4. The van der Waals surface area contributed by atoms with Gasteiger partial charge in [0.15, 0.2) is 5.13 Å². The van der Waals surface area contributed by atoms with Crippen molar-refractivity contribution in [2.75, 3.05) is 11.9 Å². The summed E-state index contributed by atoms with van der Waals surface area (Å²) in [4.78, 5) is 7.59. The molecule has 5 heteroatoms. The molecule has 1 heterocycles. The van der Waals surface area contributed by atoms with Gasteiger partial charge in [0.05, 0.1) is 0 Å². The van der Waals surface area contributed by atoms with E-state index in [4.69, 9.17) is 17.3 Å². The highest BCUT2D eigenvalue weighted by Gasteiger charge is 2.10. The number of aromatic nitrogens is 1. The van der Waals surface area contributed by atoms with Crippen molar-refractivity contribution in [3.05, 3.63) is 45.9 Å². The highest BCUT2D eigenvalue weighted by molar-refractivity contribution is 7.15. The van der Waals surface area contributed by atoms with Gasteiger partial charge in [0.2, 0.25) is 0 Å². The van der Waals surface area contributed by atoms with Gasteiger partial charge in [-0.05, 0) is 24.6 Å². The highest BCUT2D eigenvalue weighted by Crippen LogP contribution is 2.26. The van der Waals surface area contributed by atoms with Crippen LogP contribution in [0.4, 0.5) is 5.13 Å². The van der Waals surface area contributed by atoms with Crippen LogP contribution < -0.4 is 10.6 Å². The lowest BCUT2D eigenvalue weighted by Crippen LogP contribution is -2.15. The normalized spacial score (nSPS) is 12.4. The summed E-state index contributed by atoms with van der Waals surface area (Å²) in [5.41, 5.74) is 7.00. The van der Waals surface area contributed by atoms with Gasteiger partial charge in [0.1, 0.15) is 0 Å². The van der Waals surface area contributed by atoms with E-state index in [1.165, 1.54) is 5.56 Å². The van der Waals surface area contributed by atoms with Crippen molar-refractivity contribution < 1.29 is 0 Å². The van der Waals surface area contributed by atoms with E-state index in [1.807, 2.05) is 38.4 Å². The lowest BCUT2D eigenvalue weighted by Gasteiger charge is -2.15. The zero-order chi connectivity index (χ0) is 13.1. The average Bonchev–Trinajstić information content (AvgIpc) is 2.78. The van der Waals surface area contributed by atoms with E-state index in [-0.39, 0.29) is 6.04 Å². The first-order chi connectivity index (χ1) is 8.56. The number of halogens is 1. The molecule has 0 spiro atoms. The molecule has 0 aliphatic rings. The Bertz CT molecular complexity index is 524. The fourth-order valence-electron chi connectivity index (χ4n) is 1.64. The Hall–Kier alpha value is -1.10. The van der Waals surface area contributed by atoms with E-state index in [1.54, 1.807) is 11.3 Å². The molecule has 0 aliphatic heterocycles. The highest BCUT2D eigenvalue weighted by atomic mass is 35.5. The van der Waals surface area contributed by atoms with Crippen LogP contribution >= 0.6 is 22.9 Å². The van der Waals surface area contributed by atoms with Crippen LogP contribution in [-0.2, 0) is 6.54 Å². The largest absolute Gasteiger partial charge is 0.347 e. The molecule has 0 amide bonds. The van der Waals surface area contributed by atoms with Gasteiger partial charge in [-0.2, -0.15) is 0 Å². The second-order valence-electron chi connectivity index (χ2n) is 4.32. The van der Waals surface area contributed by atoms with E-state index in [9.17, 15) is 0 Å². The summed E-state index contributed by atoms with van der Waals surface area (Å²) in [5.74, 6) is 0. The van der Waals surface area contributed by atoms with Crippen molar-refractivity contribution in [3.63, 3.8) is 0 Å². The summed E-state index contributed by atoms with van der Waals surface area (Å²) in [5, 5.41) is 1.73. The standard InChI is InChI=1S/C13H16ClN3S/c1-9(15)12-7-16-13(18-12)17(2)8-10-4-3-5-11(14)6-10/h3-7,9H,8,15H2,1-2H3. The van der Waals surface area contributed by atoms with Crippen LogP contribution in [0.25, 0.3) is 0 Å². The first kappa shape index (κ1) is 13.3. The van der Waals surface area contributed by atoms with Crippen molar-refractivity contribution in [3.8, 4) is 0 Å². The van der Waals surface area contributed by atoms with Crippen molar-refractivity contribution >= 4 is 28.1 Å². The third-order valence-corrected chi connectivity index (χ3v) is 4.14. The molecule has 0 radical (unpaired) electrons. The topological polar surface area (TPSA) is 42.1 Å². The molecule has 0 fully saturated rings. The van der Waals surface area contributed by atoms with Crippen molar-refractivity contribution in [1.29, 1.82) is 0 Å². The number of thiazole rings is 1. The second-order valence-corrected chi connectivity index (χ2v) is 5.80. The van der Waals surface area contributed by atoms with E-state index in [0.717, 1.165) is 21.6 Å². The van der Waals surface area contributed by atoms with E-state index >= 15 is 0 Å². The Balaban J connectivity index is 2.09. The molecule has 1 unspecified atom stereocenters. The van der Waals surface area contributed by atoms with E-state index in [0.29, 0.717) is 0 Å². The van der Waals surface area contributed by atoms with Gasteiger partial charge in [-0.1, -0.05) is 23.7 Å². The SMILES string of the molecule is CC(N)c1cnc(N(C)Cc2cccc(Cl)c2)s1. The minimum atomic E-state index is 0.0378. The van der Waals surface area contributed by atoms with Crippen LogP contribution in [0.2, 0.25) is 5.02 Å². The first-order valence-corrected chi connectivity index (χ1v) is 6.92. The third-order valence-electron chi connectivity index (χ3n) is 2.60. The molecule has 2 aromatic rings. The Morgan fingerprint density at radius 1 is 1.50 bits per heavy atom. The number of nitrogens with zero attached hydrogens (tertiary/aromatic N) is 2. The summed E-state index contributed by atoms with van der Waals surface area (Å²) < 4.78 is 0. The fraction of sp³-hybridized carbons (Fsp3) is 0.308. The summed E-state index contributed by atoms with van der Waals surface area (Å²) in [6.45, 7) is 2.75. The predicted octanol–water partition coefficient (Wildman–Crippen LogP) is 3.45. The van der Waals surface area contributed by atoms with Crippen LogP contribution in [-0.4, -0.2) is 12.0 Å². The Labute approximate surface area is 116 Å². The molecular formula is C13H16ClN3S. The maximum absolute atomic E-state index is 5.97. The summed E-state index contributed by atoms with van der Waals surface area (Å²) in [6.07, 6.45) is 1.85. The van der Waals surface area contributed by atoms with Gasteiger partial charge in [-0.15, -0.1) is 11.3 Å². The summed E-state index contributed by atoms with van der Waals surface area (Å²) in [6, 6.07) is 7.90. The van der Waals surface area contributed by atoms with Crippen molar-refractivity contribution in [2.45, 2.75) is 19.5 Å². The molecule has 1 atom stereocenters. The van der Waals surface area contributed by atoms with Gasteiger partial charge in [-0.25, -0.2) is 4.98 Å². The van der Waals surface area contributed by atoms with Crippen LogP contribution in [0.15, 0.2) is 30.5 Å². The molecular weight excluding hydrogens is 266 g/mol. The zero-order valence-corrected chi connectivity index (χ0v) is 12.0. The average molecular weight is 282 g/mol. The molecule has 0 saturated carbocycles. The van der Waals surface area contributed by atoms with Crippen LogP contribution in [0, 0.1) is 0 Å². The molecule has 0 aliphatic carbocycles. The Kier molecular flexibility index (Phi) is 4.22. The maximum atomic E-state index is 5.97. The Morgan fingerprint density at radius 2 is 2.28 bits per heavy atom. The minimum Gasteiger partial charge on any atom is -0.347 e. The molecule has 1 aromatic carbocycles. The molecule has 0 bridgehead atoms. The molecule has 2 rings (SSSR count). The first-order valence-electron chi connectivity index (χ1n) is 5.73. The number of nitrogens with two attached hydrogens (primary N) is 1. The van der Waals surface area contributed by atoms with E-state index in [2.05, 4.69) is 16.0 Å². The smallest absolute Gasteiger partial charge is 0.185 e. The van der Waals surface area contributed by atoms with E-state index < -0.39 is 0 Å². The lowest BCUT2D eigenvalue weighted by atomic mass is 10.2. The van der Waals surface area contributed by atoms with Crippen LogP contribution in [0.5, 0.6) is 0 Å². The maximum Gasteiger partial charge on any atom is 0.185 e. The quantitative estimate of drug-likeness (QED) is 0.933. The second kappa shape index (κ2) is 5.69. The van der Waals surface area contributed by atoms with Gasteiger partial charge in [0.25, 0.3) is 0 Å². The molecule has 2 N–H and O–H groups in total. The zero-order valence-electron chi connectivity index (χ0n) is 10.4. The monoisotopic (exact) mass is 281 g/mol. The van der Waals surface area contributed by atoms with Crippen LogP contribution in [0.1, 0.15) is 23.4 Å². The molecule has 96 valence electrons. The molecule has 0 saturated heterocycles. The molecule has 3 nitrogen and oxygen atoms in total. The summed E-state index contributed by atoms with van der Waals surface area (Å²) >= 11 is 7.60. The Morgan fingerprint density at radius 3 is 2.89 bits per heavy atom. The number of benzene rings is 1. The van der Waals surface area contributed by atoms with Crippen molar-refractivity contribution in [2.24, 2.45) is 5.73 Å². The molecule has 1 aromatic heterocycles. The van der Waals surface area contributed by atoms with Gasteiger partial charge in [-0.3, -0.25) is 0 Å². The van der Waals surface area contributed by atoms with Gasteiger partial charge < -0.3 is 10.6 Å². The van der Waals surface area contributed by atoms with Crippen molar-refractivity contribution in [1.82, 2.24) is 4.98 Å². The van der Waals surface area contributed by atoms with Gasteiger partial charge in [0, 0.05) is 35.7 Å². The third kappa shape index (κ3) is 3.22. The number of anilines is 1. The number of rotatable bonds is 4. The summed E-state index contributed by atoms with van der Waals surface area (Å²) in [7, 11) is 2.02. The lowest BCUT2D eigenvalue weighted by molar-refractivity contribution is 0.835. The predicted molar refractivity (Wildman–Crippen MR) is 78.3 cm³/mol. The number of hydrogen-bond donors (Lipinski definition) is 1. The van der Waals surface area contributed by atoms with Crippen LogP contribution in [0.3, 0.4) is 0 Å². The minimum absolute atomic E-state index is 0.0378.